The zero-order valence-corrected chi connectivity index (χ0v) is 17.1. The van der Waals surface area contributed by atoms with Gasteiger partial charge in [0.2, 0.25) is 0 Å². The second kappa shape index (κ2) is 7.97. The molecule has 0 spiro atoms. The van der Waals surface area contributed by atoms with Gasteiger partial charge in [-0.25, -0.2) is 0 Å². The summed E-state index contributed by atoms with van der Waals surface area (Å²) in [6, 6.07) is 10.7. The molecule has 146 valence electrons. The van der Waals surface area contributed by atoms with Gasteiger partial charge in [0.05, 0.1) is 0 Å². The Kier molecular flexibility index (Phi) is 5.41. The molecule has 3 aliphatic carbocycles. The fraction of sp³-hybridized carbons (Fsp3) is 0.385. The zero-order valence-electron chi connectivity index (χ0n) is 17.1. The monoisotopic (exact) mass is 372 g/mol. The van der Waals surface area contributed by atoms with Crippen LogP contribution in [-0.4, -0.2) is 6.04 Å². The van der Waals surface area contributed by atoms with Crippen LogP contribution >= 0.6 is 0 Å². The van der Waals surface area contributed by atoms with Crippen LogP contribution < -0.4 is 11.1 Å². The lowest BCUT2D eigenvalue weighted by atomic mass is 9.63. The molecule has 2 nitrogen and oxygen atoms in total. The Hall–Kier alpha value is -2.32. The summed E-state index contributed by atoms with van der Waals surface area (Å²) in [4.78, 5) is 0. The van der Waals surface area contributed by atoms with Gasteiger partial charge in [0.15, 0.2) is 0 Å². The van der Waals surface area contributed by atoms with Gasteiger partial charge in [-0.3, -0.25) is 0 Å². The first-order valence-corrected chi connectivity index (χ1v) is 10.6. The van der Waals surface area contributed by atoms with Gasteiger partial charge in [-0.2, -0.15) is 0 Å². The van der Waals surface area contributed by atoms with Crippen molar-refractivity contribution in [2.45, 2.75) is 45.6 Å². The van der Waals surface area contributed by atoms with Gasteiger partial charge in [-0.05, 0) is 60.3 Å². The highest BCUT2D eigenvalue weighted by Crippen LogP contribution is 2.48. The summed E-state index contributed by atoms with van der Waals surface area (Å²) >= 11 is 0. The fourth-order valence-corrected chi connectivity index (χ4v) is 5.04. The first kappa shape index (κ1) is 19.0. The van der Waals surface area contributed by atoms with E-state index in [4.69, 9.17) is 5.73 Å². The van der Waals surface area contributed by atoms with E-state index in [1.165, 1.54) is 16.8 Å². The maximum Gasteiger partial charge on any atom is 0.0381 e. The summed E-state index contributed by atoms with van der Waals surface area (Å²) in [5.41, 5.74) is 12.3. The minimum atomic E-state index is 0.0353. The topological polar surface area (TPSA) is 38.0 Å². The second-order valence-corrected chi connectivity index (χ2v) is 8.82. The Bertz CT molecular complexity index is 856. The van der Waals surface area contributed by atoms with Crippen LogP contribution in [0.5, 0.6) is 0 Å². The number of hydrogen-bond acceptors (Lipinski definition) is 2. The van der Waals surface area contributed by atoms with Gasteiger partial charge in [0.1, 0.15) is 0 Å². The van der Waals surface area contributed by atoms with Crippen molar-refractivity contribution < 1.29 is 0 Å². The molecule has 1 aromatic carbocycles. The molecule has 4 unspecified atom stereocenters. The quantitative estimate of drug-likeness (QED) is 0.667. The molecule has 0 heterocycles. The van der Waals surface area contributed by atoms with Gasteiger partial charge in [0.25, 0.3) is 0 Å². The SMILES string of the molecule is CC1C=CC=C(C2=C(Nc3ccccc3)C(C3(C)C=CC=CC3)C(N)CC2)C1. The first-order valence-electron chi connectivity index (χ1n) is 10.6. The molecule has 2 heteroatoms. The molecule has 0 saturated carbocycles. The number of rotatable bonds is 4. The van der Waals surface area contributed by atoms with Crippen LogP contribution in [0.1, 0.15) is 39.5 Å². The van der Waals surface area contributed by atoms with Crippen LogP contribution in [-0.2, 0) is 0 Å². The van der Waals surface area contributed by atoms with Crippen molar-refractivity contribution >= 4 is 5.69 Å². The number of nitrogens with one attached hydrogen (secondary N) is 1. The molecular formula is C26H32N2. The summed E-state index contributed by atoms with van der Waals surface area (Å²) in [5, 5.41) is 3.82. The highest BCUT2D eigenvalue weighted by atomic mass is 14.9. The highest BCUT2D eigenvalue weighted by molar-refractivity contribution is 5.55. The maximum atomic E-state index is 6.79. The smallest absolute Gasteiger partial charge is 0.0381 e. The molecule has 0 saturated heterocycles. The summed E-state index contributed by atoms with van der Waals surface area (Å²) in [6.07, 6.45) is 20.1. The van der Waals surface area contributed by atoms with Gasteiger partial charge in [0, 0.05) is 23.3 Å². The lowest BCUT2D eigenvalue weighted by Crippen LogP contribution is -2.46. The molecule has 3 N–H and O–H groups in total. The third-order valence-corrected chi connectivity index (χ3v) is 6.50. The maximum absolute atomic E-state index is 6.79. The molecule has 28 heavy (non-hydrogen) atoms. The summed E-state index contributed by atoms with van der Waals surface area (Å²) in [5.74, 6) is 0.868. The van der Waals surface area contributed by atoms with Crippen molar-refractivity contribution in [3.63, 3.8) is 0 Å². The van der Waals surface area contributed by atoms with Crippen molar-refractivity contribution in [3.8, 4) is 0 Å². The third-order valence-electron chi connectivity index (χ3n) is 6.50. The van der Waals surface area contributed by atoms with E-state index in [-0.39, 0.29) is 17.4 Å². The van der Waals surface area contributed by atoms with Gasteiger partial charge < -0.3 is 11.1 Å². The van der Waals surface area contributed by atoms with E-state index >= 15 is 0 Å². The Morgan fingerprint density at radius 1 is 1.11 bits per heavy atom. The molecule has 0 aliphatic heterocycles. The molecule has 0 radical (unpaired) electrons. The Balaban J connectivity index is 1.81. The Labute approximate surface area is 169 Å². The molecule has 4 atom stereocenters. The minimum Gasteiger partial charge on any atom is -0.358 e. The Morgan fingerprint density at radius 3 is 2.64 bits per heavy atom. The third kappa shape index (κ3) is 3.79. The standard InChI is InChI=1S/C26H32N2/c1-19-10-9-11-20(18-19)22-14-15-23(27)24(26(2)16-7-4-8-17-26)25(22)28-21-12-5-3-6-13-21/h3-13,16,19,23-24,28H,14-15,17-18,27H2,1-2H3. The molecule has 0 aromatic heterocycles. The number of allylic oxidation sites excluding steroid dienone is 9. The molecule has 0 bridgehead atoms. The van der Waals surface area contributed by atoms with E-state index in [9.17, 15) is 0 Å². The van der Waals surface area contributed by atoms with E-state index in [0.29, 0.717) is 5.92 Å². The van der Waals surface area contributed by atoms with E-state index < -0.39 is 0 Å². The van der Waals surface area contributed by atoms with Crippen LogP contribution in [0.15, 0.2) is 89.7 Å². The van der Waals surface area contributed by atoms with Gasteiger partial charge >= 0.3 is 0 Å². The van der Waals surface area contributed by atoms with Crippen LogP contribution in [0.4, 0.5) is 5.69 Å². The van der Waals surface area contributed by atoms with Crippen molar-refractivity contribution in [1.29, 1.82) is 0 Å². The van der Waals surface area contributed by atoms with Crippen LogP contribution in [0.2, 0.25) is 0 Å². The van der Waals surface area contributed by atoms with Crippen molar-refractivity contribution in [1.82, 2.24) is 0 Å². The molecule has 0 amide bonds. The number of nitrogens with two attached hydrogens (primary N) is 1. The molecule has 1 aromatic rings. The van der Waals surface area contributed by atoms with Crippen molar-refractivity contribution in [3.05, 3.63) is 89.7 Å². The predicted molar refractivity (Wildman–Crippen MR) is 120 cm³/mol. The van der Waals surface area contributed by atoms with E-state index in [0.717, 1.165) is 31.4 Å². The average Bonchev–Trinajstić information content (AvgIpc) is 2.69. The highest BCUT2D eigenvalue weighted by Gasteiger charge is 2.42. The molecule has 4 rings (SSSR count). The largest absolute Gasteiger partial charge is 0.358 e. The molecular weight excluding hydrogens is 340 g/mol. The number of hydrogen-bond donors (Lipinski definition) is 2. The van der Waals surface area contributed by atoms with Crippen molar-refractivity contribution in [2.24, 2.45) is 23.0 Å². The normalized spacial score (nSPS) is 32.4. The van der Waals surface area contributed by atoms with E-state index in [1.54, 1.807) is 0 Å². The number of benzene rings is 1. The van der Waals surface area contributed by atoms with E-state index in [2.05, 4.69) is 92.0 Å². The summed E-state index contributed by atoms with van der Waals surface area (Å²) in [7, 11) is 0. The van der Waals surface area contributed by atoms with Crippen LogP contribution in [0.3, 0.4) is 0 Å². The minimum absolute atomic E-state index is 0.0353. The van der Waals surface area contributed by atoms with Crippen molar-refractivity contribution in [2.75, 3.05) is 5.32 Å². The van der Waals surface area contributed by atoms with Crippen LogP contribution in [0.25, 0.3) is 0 Å². The average molecular weight is 373 g/mol. The van der Waals surface area contributed by atoms with Gasteiger partial charge in [-0.1, -0.05) is 74.6 Å². The van der Waals surface area contributed by atoms with E-state index in [1.807, 2.05) is 0 Å². The molecule has 3 aliphatic rings. The lowest BCUT2D eigenvalue weighted by molar-refractivity contribution is 0.234. The fourth-order valence-electron chi connectivity index (χ4n) is 5.04. The second-order valence-electron chi connectivity index (χ2n) is 8.82. The number of para-hydroxylation sites is 1. The first-order chi connectivity index (χ1) is 13.6. The summed E-state index contributed by atoms with van der Waals surface area (Å²) in [6.45, 7) is 4.67. The zero-order chi connectivity index (χ0) is 19.6. The predicted octanol–water partition coefficient (Wildman–Crippen LogP) is 6.13. The molecule has 0 fully saturated rings. The lowest BCUT2D eigenvalue weighted by Gasteiger charge is -2.45. The van der Waals surface area contributed by atoms with Gasteiger partial charge in [-0.15, -0.1) is 0 Å². The van der Waals surface area contributed by atoms with Crippen LogP contribution in [0, 0.1) is 17.3 Å². The number of anilines is 1. The Morgan fingerprint density at radius 2 is 1.93 bits per heavy atom. The summed E-state index contributed by atoms with van der Waals surface area (Å²) < 4.78 is 0.